The minimum atomic E-state index is -0.268. The van der Waals surface area contributed by atoms with Crippen LogP contribution in [0.2, 0.25) is 0 Å². The minimum Gasteiger partial charge on any atom is -0.214 e. The molecule has 0 atom stereocenters. The largest absolute Gasteiger partial charge is 0.444 e. The van der Waals surface area contributed by atoms with Crippen molar-refractivity contribution in [2.75, 3.05) is 0 Å². The van der Waals surface area contributed by atoms with Crippen LogP contribution in [-0.4, -0.2) is 10.7 Å². The molecule has 0 radical (unpaired) electrons. The second-order valence-corrected chi connectivity index (χ2v) is 4.23. The van der Waals surface area contributed by atoms with Crippen LogP contribution in [0.15, 0.2) is 22.4 Å². The third-order valence-electron chi connectivity index (χ3n) is 3.51. The van der Waals surface area contributed by atoms with Gasteiger partial charge in [-0.25, -0.2) is 4.79 Å². The lowest BCUT2D eigenvalue weighted by molar-refractivity contribution is -0.416. The van der Waals surface area contributed by atoms with E-state index < -0.39 is 0 Å². The van der Waals surface area contributed by atoms with E-state index in [2.05, 4.69) is 0 Å². The molecular formula is C11H12NO2+. The second-order valence-electron chi connectivity index (χ2n) is 4.23. The van der Waals surface area contributed by atoms with E-state index in [1.165, 1.54) is 24.0 Å². The number of nitrogens with zero attached hydrogens (tertiary/aromatic N) is 1. The van der Waals surface area contributed by atoms with Gasteiger partial charge in [-0.05, 0) is 31.3 Å². The summed E-state index contributed by atoms with van der Waals surface area (Å²) in [5.41, 5.74) is 4.68. The van der Waals surface area contributed by atoms with Gasteiger partial charge in [0, 0.05) is 16.9 Å². The summed E-state index contributed by atoms with van der Waals surface area (Å²) in [7, 11) is 0. The van der Waals surface area contributed by atoms with E-state index in [4.69, 9.17) is 0 Å². The van der Waals surface area contributed by atoms with Crippen molar-refractivity contribution in [3.63, 3.8) is 0 Å². The monoisotopic (exact) mass is 190 g/mol. The topological polar surface area (TPSA) is 37.1 Å². The van der Waals surface area contributed by atoms with Crippen molar-refractivity contribution in [2.24, 2.45) is 0 Å². The number of hydrogen-bond acceptors (Lipinski definition) is 2. The molecule has 0 saturated heterocycles. The first-order valence-corrected chi connectivity index (χ1v) is 5.21. The molecule has 0 bridgehead atoms. The van der Waals surface area contributed by atoms with Gasteiger partial charge in [-0.15, -0.1) is 0 Å². The molecule has 0 N–H and O–H groups in total. The van der Waals surface area contributed by atoms with Gasteiger partial charge < -0.3 is 0 Å². The summed E-state index contributed by atoms with van der Waals surface area (Å²) in [6.45, 7) is 0. The van der Waals surface area contributed by atoms with Crippen molar-refractivity contribution < 1.29 is 9.55 Å². The van der Waals surface area contributed by atoms with E-state index in [1.807, 2.05) is 0 Å². The summed E-state index contributed by atoms with van der Waals surface area (Å²) in [6, 6.07) is 0. The fourth-order valence-electron chi connectivity index (χ4n) is 2.85. The van der Waals surface area contributed by atoms with E-state index in [1.54, 1.807) is 0 Å². The lowest BCUT2D eigenvalue weighted by Gasteiger charge is -2.10. The van der Waals surface area contributed by atoms with Crippen LogP contribution < -0.4 is 0 Å². The normalized spacial score (nSPS) is 26.0. The number of nitroso groups, excluding NO2 is 1. The molecular weight excluding hydrogens is 178 g/mol. The molecule has 0 spiro atoms. The average Bonchev–Trinajstić information content (AvgIpc) is 2.73. The number of hydrogen-bond donors (Lipinski definition) is 0. The van der Waals surface area contributed by atoms with E-state index in [0.717, 1.165) is 30.5 Å². The van der Waals surface area contributed by atoms with Crippen LogP contribution >= 0.6 is 0 Å². The van der Waals surface area contributed by atoms with E-state index in [9.17, 15) is 9.70 Å². The molecule has 1 heterocycles. The first-order valence-electron chi connectivity index (χ1n) is 5.21. The smallest absolute Gasteiger partial charge is 0.214 e. The number of fused-ring (bicyclic) bond motifs is 1. The summed E-state index contributed by atoms with van der Waals surface area (Å²) in [4.78, 5) is 22.7. The molecule has 1 amide bonds. The third kappa shape index (κ3) is 0.897. The van der Waals surface area contributed by atoms with Gasteiger partial charge in [0.1, 0.15) is 11.2 Å². The highest BCUT2D eigenvalue weighted by molar-refractivity contribution is 5.77. The molecule has 0 aromatic rings. The molecule has 0 aromatic carbocycles. The van der Waals surface area contributed by atoms with Crippen molar-refractivity contribution in [1.29, 1.82) is 0 Å². The zero-order valence-corrected chi connectivity index (χ0v) is 8.01. The Morgan fingerprint density at radius 3 is 2.71 bits per heavy atom. The Labute approximate surface area is 82.1 Å². The Hall–Kier alpha value is -1.25. The number of rotatable bonds is 0. The highest BCUT2D eigenvalue weighted by Crippen LogP contribution is 2.44. The van der Waals surface area contributed by atoms with Gasteiger partial charge in [-0.3, -0.25) is 0 Å². The summed E-state index contributed by atoms with van der Waals surface area (Å²) >= 11 is 0. The zero-order valence-electron chi connectivity index (χ0n) is 8.01. The molecule has 3 rings (SSSR count). The first kappa shape index (κ1) is 8.09. The first-order chi connectivity index (χ1) is 6.77. The van der Waals surface area contributed by atoms with E-state index in [0.29, 0.717) is 11.2 Å². The van der Waals surface area contributed by atoms with Crippen LogP contribution in [-0.2, 0) is 4.79 Å². The fourth-order valence-corrected chi connectivity index (χ4v) is 2.85. The lowest BCUT2D eigenvalue weighted by Crippen LogP contribution is -2.10. The maximum atomic E-state index is 11.4. The van der Waals surface area contributed by atoms with Crippen LogP contribution in [0.4, 0.5) is 0 Å². The van der Waals surface area contributed by atoms with Crippen molar-refractivity contribution in [1.82, 2.24) is 0 Å². The summed E-state index contributed by atoms with van der Waals surface area (Å²) in [6.07, 6.45) is 5.60. The highest BCUT2D eigenvalue weighted by atomic mass is 16.3. The molecule has 0 saturated carbocycles. The van der Waals surface area contributed by atoms with Crippen molar-refractivity contribution in [2.45, 2.75) is 38.5 Å². The van der Waals surface area contributed by atoms with Crippen LogP contribution in [0.25, 0.3) is 0 Å². The fraction of sp³-hybridized carbons (Fsp3) is 0.545. The van der Waals surface area contributed by atoms with E-state index in [-0.39, 0.29) is 5.91 Å². The van der Waals surface area contributed by atoms with Gasteiger partial charge in [0.15, 0.2) is 0 Å². The predicted octanol–water partition coefficient (Wildman–Crippen LogP) is 2.22. The lowest BCUT2D eigenvalue weighted by atomic mass is 9.91. The number of carbonyl (C=O) groups excluding carboxylic acids is 1. The minimum absolute atomic E-state index is 0.268. The number of allylic oxidation sites excluding steroid dienone is 3. The van der Waals surface area contributed by atoms with Crippen LogP contribution in [0.1, 0.15) is 38.5 Å². The Bertz CT molecular complexity index is 415. The molecule has 3 heteroatoms. The Kier molecular flexibility index (Phi) is 1.52. The van der Waals surface area contributed by atoms with Gasteiger partial charge in [0.05, 0.1) is 0 Å². The summed E-state index contributed by atoms with van der Waals surface area (Å²) < 4.78 is 0.622. The molecule has 0 unspecified atom stereocenters. The Balaban J connectivity index is 2.10. The summed E-state index contributed by atoms with van der Waals surface area (Å²) in [5, 5.41) is 0. The maximum Gasteiger partial charge on any atom is 0.444 e. The van der Waals surface area contributed by atoms with Gasteiger partial charge in [-0.1, -0.05) is 5.57 Å². The van der Waals surface area contributed by atoms with Crippen LogP contribution in [0.3, 0.4) is 0 Å². The van der Waals surface area contributed by atoms with Gasteiger partial charge in [-0.2, -0.15) is 0 Å². The van der Waals surface area contributed by atoms with Crippen LogP contribution in [0.5, 0.6) is 0 Å². The van der Waals surface area contributed by atoms with Gasteiger partial charge in [0.2, 0.25) is 5.70 Å². The van der Waals surface area contributed by atoms with E-state index >= 15 is 0 Å². The van der Waals surface area contributed by atoms with Crippen molar-refractivity contribution in [3.8, 4) is 0 Å². The second kappa shape index (κ2) is 2.62. The molecule has 2 aliphatic carbocycles. The van der Waals surface area contributed by atoms with Crippen molar-refractivity contribution in [3.05, 3.63) is 27.3 Å². The van der Waals surface area contributed by atoms with Crippen LogP contribution in [0, 0.1) is 4.91 Å². The molecule has 1 aliphatic heterocycles. The predicted molar refractivity (Wildman–Crippen MR) is 50.4 cm³/mol. The van der Waals surface area contributed by atoms with Crippen molar-refractivity contribution >= 4 is 5.91 Å². The standard InChI is InChI=1S/C11H12NO2/c13-11-6-9-8-3-1-2-7(8)4-5-10(9)12(11)14/h1-6H2/q+1. The quantitative estimate of drug-likeness (QED) is 0.549. The highest BCUT2D eigenvalue weighted by Gasteiger charge is 2.44. The van der Waals surface area contributed by atoms with Gasteiger partial charge >= 0.3 is 5.91 Å². The third-order valence-corrected chi connectivity index (χ3v) is 3.51. The SMILES string of the molecule is O=C1CC2=C(CCC3=C2CCC3)[N+]1=O. The average molecular weight is 190 g/mol. The Morgan fingerprint density at radius 2 is 1.86 bits per heavy atom. The molecule has 0 fully saturated rings. The molecule has 14 heavy (non-hydrogen) atoms. The molecule has 0 aromatic heterocycles. The molecule has 3 aliphatic rings. The zero-order chi connectivity index (χ0) is 9.71. The number of carbonyl (C=O) groups is 1. The maximum absolute atomic E-state index is 11.4. The van der Waals surface area contributed by atoms with Gasteiger partial charge in [0.25, 0.3) is 0 Å². The molecule has 3 nitrogen and oxygen atoms in total. The molecule has 72 valence electrons. The Morgan fingerprint density at radius 1 is 1.00 bits per heavy atom. The summed E-state index contributed by atoms with van der Waals surface area (Å²) in [5.74, 6) is -0.268. The number of amides is 1.